The highest BCUT2D eigenvalue weighted by Gasteiger charge is 2.18. The third-order valence-electron chi connectivity index (χ3n) is 4.20. The monoisotopic (exact) mass is 406 g/mol. The van der Waals surface area contributed by atoms with Crippen LogP contribution in [0, 0.1) is 0 Å². The van der Waals surface area contributed by atoms with Crippen LogP contribution in [0.25, 0.3) is 11.4 Å². The molecule has 3 aromatic heterocycles. The Morgan fingerprint density at radius 1 is 1.07 bits per heavy atom. The number of hydrogen-bond donors (Lipinski definition) is 2. The summed E-state index contributed by atoms with van der Waals surface area (Å²) in [6.07, 6.45) is 3.16. The van der Waals surface area contributed by atoms with Crippen LogP contribution in [0.15, 0.2) is 48.8 Å². The first-order valence-electron chi connectivity index (χ1n) is 9.08. The third kappa shape index (κ3) is 3.92. The number of aryl methyl sites for hydroxylation is 1. The molecule has 0 saturated heterocycles. The molecule has 0 unspecified atom stereocenters. The van der Waals surface area contributed by atoms with E-state index in [2.05, 4.69) is 30.9 Å². The largest absolute Gasteiger partial charge is 0.364 e. The van der Waals surface area contributed by atoms with E-state index in [1.54, 1.807) is 18.5 Å². The molecule has 0 fully saturated rings. The van der Waals surface area contributed by atoms with Gasteiger partial charge in [-0.05, 0) is 18.2 Å². The lowest BCUT2D eigenvalue weighted by Crippen LogP contribution is -2.19. The molecule has 3 N–H and O–H groups in total. The van der Waals surface area contributed by atoms with Crippen LogP contribution >= 0.6 is 0 Å². The molecule has 0 saturated carbocycles. The van der Waals surface area contributed by atoms with Crippen LogP contribution in [0.1, 0.15) is 27.9 Å². The van der Waals surface area contributed by atoms with E-state index in [0.717, 1.165) is 5.56 Å². The molecule has 2 amide bonds. The Morgan fingerprint density at radius 2 is 1.87 bits per heavy atom. The van der Waals surface area contributed by atoms with Gasteiger partial charge in [-0.25, -0.2) is 4.68 Å². The number of hydrogen-bond acceptors (Lipinski definition) is 7. The minimum absolute atomic E-state index is 0.00936. The quantitative estimate of drug-likeness (QED) is 0.456. The lowest BCUT2D eigenvalue weighted by Gasteiger charge is -2.02. The maximum atomic E-state index is 12.5. The van der Waals surface area contributed by atoms with Gasteiger partial charge in [0.15, 0.2) is 18.1 Å². The van der Waals surface area contributed by atoms with Crippen molar-refractivity contribution in [3.63, 3.8) is 0 Å². The standard InChI is InChI=1S/C18H18N10O2/c1-2-26-10-14(15(23-26)16(19)29)20-18(30)13-8-9-27(22-13)11-28-24-17(21-25-28)12-6-4-3-5-7-12/h3-10H,2,11H2,1H3,(H2,19,29)(H,20,30). The lowest BCUT2D eigenvalue weighted by molar-refractivity contribution is 0.0995. The number of amides is 2. The van der Waals surface area contributed by atoms with E-state index in [4.69, 9.17) is 5.73 Å². The van der Waals surface area contributed by atoms with Crippen molar-refractivity contribution in [3.8, 4) is 11.4 Å². The Labute approximate surface area is 170 Å². The SMILES string of the molecule is CCn1cc(NC(=O)c2ccn(Cn3nnc(-c4ccccc4)n3)n2)c(C(N)=O)n1. The molecule has 4 rings (SSSR count). The van der Waals surface area contributed by atoms with Crippen LogP contribution in [0.2, 0.25) is 0 Å². The highest BCUT2D eigenvalue weighted by molar-refractivity contribution is 6.06. The van der Waals surface area contributed by atoms with Gasteiger partial charge in [0.25, 0.3) is 11.8 Å². The molecule has 3 heterocycles. The van der Waals surface area contributed by atoms with Crippen molar-refractivity contribution in [2.45, 2.75) is 20.1 Å². The number of nitrogens with two attached hydrogens (primary N) is 1. The number of rotatable bonds is 7. The van der Waals surface area contributed by atoms with Crippen LogP contribution in [0.3, 0.4) is 0 Å². The van der Waals surface area contributed by atoms with Crippen LogP contribution in [-0.4, -0.2) is 51.6 Å². The number of nitrogens with zero attached hydrogens (tertiary/aromatic N) is 8. The van der Waals surface area contributed by atoms with Crippen LogP contribution in [0.5, 0.6) is 0 Å². The summed E-state index contributed by atoms with van der Waals surface area (Å²) in [5.41, 5.74) is 6.54. The number of carbonyl (C=O) groups is 2. The average molecular weight is 406 g/mol. The summed E-state index contributed by atoms with van der Waals surface area (Å²) in [4.78, 5) is 25.4. The van der Waals surface area contributed by atoms with E-state index in [-0.39, 0.29) is 23.7 Å². The molecular formula is C18H18N10O2. The summed E-state index contributed by atoms with van der Waals surface area (Å²) < 4.78 is 3.00. The molecule has 0 aliphatic carbocycles. The summed E-state index contributed by atoms with van der Waals surface area (Å²) in [5.74, 6) is -0.731. The topological polar surface area (TPSA) is 151 Å². The van der Waals surface area contributed by atoms with Crippen LogP contribution in [0.4, 0.5) is 5.69 Å². The van der Waals surface area contributed by atoms with E-state index in [9.17, 15) is 9.59 Å². The molecule has 12 heteroatoms. The average Bonchev–Trinajstić information content (AvgIpc) is 3.48. The molecule has 0 atom stereocenters. The van der Waals surface area contributed by atoms with Gasteiger partial charge in [0.2, 0.25) is 5.82 Å². The maximum absolute atomic E-state index is 12.5. The van der Waals surface area contributed by atoms with Crippen molar-refractivity contribution < 1.29 is 9.59 Å². The molecule has 0 aliphatic heterocycles. The number of aromatic nitrogens is 8. The predicted molar refractivity (Wildman–Crippen MR) is 105 cm³/mol. The van der Waals surface area contributed by atoms with Gasteiger partial charge in [-0.3, -0.25) is 14.3 Å². The Hall–Kier alpha value is -4.35. The Kier molecular flexibility index (Phi) is 5.03. The summed E-state index contributed by atoms with van der Waals surface area (Å²) >= 11 is 0. The number of nitrogens with one attached hydrogen (secondary N) is 1. The fraction of sp³-hybridized carbons (Fsp3) is 0.167. The first-order valence-corrected chi connectivity index (χ1v) is 9.08. The van der Waals surface area contributed by atoms with Crippen molar-refractivity contribution in [2.75, 3.05) is 5.32 Å². The summed E-state index contributed by atoms with van der Waals surface area (Å²) in [6.45, 7) is 2.56. The van der Waals surface area contributed by atoms with E-state index in [0.29, 0.717) is 12.4 Å². The van der Waals surface area contributed by atoms with Crippen LogP contribution < -0.4 is 11.1 Å². The van der Waals surface area contributed by atoms with Gasteiger partial charge in [0.05, 0.1) is 5.69 Å². The van der Waals surface area contributed by atoms with Gasteiger partial charge in [-0.15, -0.1) is 15.0 Å². The number of primary amides is 1. The van der Waals surface area contributed by atoms with Gasteiger partial charge >= 0.3 is 0 Å². The van der Waals surface area contributed by atoms with E-state index < -0.39 is 11.8 Å². The minimum atomic E-state index is -0.727. The van der Waals surface area contributed by atoms with Crippen molar-refractivity contribution in [1.29, 1.82) is 0 Å². The zero-order valence-electron chi connectivity index (χ0n) is 16.0. The van der Waals surface area contributed by atoms with Crippen molar-refractivity contribution in [3.05, 3.63) is 60.2 Å². The lowest BCUT2D eigenvalue weighted by atomic mass is 10.2. The highest BCUT2D eigenvalue weighted by atomic mass is 16.2. The zero-order chi connectivity index (χ0) is 21.1. The third-order valence-corrected chi connectivity index (χ3v) is 4.20. The number of benzene rings is 1. The molecule has 0 spiro atoms. The summed E-state index contributed by atoms with van der Waals surface area (Å²) in [6, 6.07) is 11.0. The van der Waals surface area contributed by atoms with Crippen molar-refractivity contribution in [1.82, 2.24) is 39.8 Å². The van der Waals surface area contributed by atoms with E-state index in [1.165, 1.54) is 14.2 Å². The second kappa shape index (κ2) is 7.95. The highest BCUT2D eigenvalue weighted by Crippen LogP contribution is 2.15. The number of carbonyl (C=O) groups excluding carboxylic acids is 2. The Balaban J connectivity index is 1.46. The smallest absolute Gasteiger partial charge is 0.276 e. The number of tetrazole rings is 1. The second-order valence-corrected chi connectivity index (χ2v) is 6.30. The van der Waals surface area contributed by atoms with Gasteiger partial charge < -0.3 is 11.1 Å². The van der Waals surface area contributed by atoms with Crippen molar-refractivity contribution in [2.24, 2.45) is 5.73 Å². The molecular weight excluding hydrogens is 388 g/mol. The fourth-order valence-electron chi connectivity index (χ4n) is 2.74. The van der Waals surface area contributed by atoms with E-state index >= 15 is 0 Å². The second-order valence-electron chi connectivity index (χ2n) is 6.30. The number of anilines is 1. The van der Waals surface area contributed by atoms with Crippen molar-refractivity contribution >= 4 is 17.5 Å². The molecule has 0 radical (unpaired) electrons. The van der Waals surface area contributed by atoms with E-state index in [1.807, 2.05) is 37.3 Å². The molecule has 0 aliphatic rings. The fourth-order valence-corrected chi connectivity index (χ4v) is 2.74. The predicted octanol–water partition coefficient (Wildman–Crippen LogP) is 0.610. The molecule has 4 aromatic rings. The summed E-state index contributed by atoms with van der Waals surface area (Å²) in [7, 11) is 0. The minimum Gasteiger partial charge on any atom is -0.364 e. The van der Waals surface area contributed by atoms with Gasteiger partial charge in [-0.1, -0.05) is 30.3 Å². The molecule has 0 bridgehead atoms. The molecule has 152 valence electrons. The normalized spacial score (nSPS) is 10.8. The first kappa shape index (κ1) is 19.0. The van der Waals surface area contributed by atoms with Gasteiger partial charge in [0, 0.05) is 24.5 Å². The Bertz CT molecular complexity index is 1190. The first-order chi connectivity index (χ1) is 14.5. The molecule has 12 nitrogen and oxygen atoms in total. The van der Waals surface area contributed by atoms with Crippen LogP contribution in [-0.2, 0) is 13.2 Å². The Morgan fingerprint density at radius 3 is 2.60 bits per heavy atom. The summed E-state index contributed by atoms with van der Waals surface area (Å²) in [5, 5.41) is 23.2. The van der Waals surface area contributed by atoms with Gasteiger partial charge in [0.1, 0.15) is 0 Å². The maximum Gasteiger partial charge on any atom is 0.276 e. The molecule has 1 aromatic carbocycles. The zero-order valence-corrected chi connectivity index (χ0v) is 16.0. The molecule has 30 heavy (non-hydrogen) atoms. The van der Waals surface area contributed by atoms with Gasteiger partial charge in [-0.2, -0.15) is 10.2 Å².